The van der Waals surface area contributed by atoms with Crippen LogP contribution in [0.5, 0.6) is 0 Å². The van der Waals surface area contributed by atoms with Crippen molar-refractivity contribution in [3.8, 4) is 0 Å². The molecule has 0 amide bonds. The van der Waals surface area contributed by atoms with Gasteiger partial charge in [0.1, 0.15) is 29.6 Å². The highest BCUT2D eigenvalue weighted by Gasteiger charge is 2.26. The predicted octanol–water partition coefficient (Wildman–Crippen LogP) is 12.6. The minimum atomic E-state index is -4.40. The van der Waals surface area contributed by atoms with Gasteiger partial charge in [0.25, 0.3) is 0 Å². The molecule has 60 heavy (non-hydrogen) atoms. The van der Waals surface area contributed by atoms with Gasteiger partial charge in [0.2, 0.25) is 0 Å². The molecule has 0 aliphatic carbocycles. The second-order valence-electron chi connectivity index (χ2n) is 16.8. The van der Waals surface area contributed by atoms with Gasteiger partial charge in [0.15, 0.2) is 6.10 Å². The minimum Gasteiger partial charge on any atom is -0.466 e. The predicted molar refractivity (Wildman–Crippen MR) is 240 cm³/mol. The molecule has 2 heterocycles. The minimum absolute atomic E-state index is 0.0424. The second kappa shape index (κ2) is 33.2. The first-order valence-corrected chi connectivity index (χ1v) is 25.3. The van der Waals surface area contributed by atoms with Crippen molar-refractivity contribution in [2.24, 2.45) is 5.73 Å². The topological polar surface area (TPSA) is 161 Å². The number of carbonyl (C=O) groups is 2. The molecule has 2 atom stereocenters. The van der Waals surface area contributed by atoms with Crippen LogP contribution in [0.1, 0.15) is 208 Å². The lowest BCUT2D eigenvalue weighted by atomic mass is 10.0. The Bertz CT molecular complexity index is 1470. The smallest absolute Gasteiger partial charge is 0.466 e. The molecule has 0 bridgehead atoms. The van der Waals surface area contributed by atoms with Crippen molar-refractivity contribution < 1.29 is 46.4 Å². The normalized spacial score (nSPS) is 13.1. The molecule has 0 saturated carbocycles. The van der Waals surface area contributed by atoms with Crippen LogP contribution in [0.4, 0.5) is 0 Å². The van der Waals surface area contributed by atoms with Gasteiger partial charge in [0, 0.05) is 45.1 Å². The number of ether oxygens (including phenoxy) is 2. The Morgan fingerprint density at radius 2 is 1.08 bits per heavy atom. The Kier molecular flexibility index (Phi) is 29.7. The summed E-state index contributed by atoms with van der Waals surface area (Å²) in [6.07, 6.45) is 27.8. The fourth-order valence-corrected chi connectivity index (χ4v) is 8.24. The quantitative estimate of drug-likeness (QED) is 0.0374. The average molecular weight is 866 g/mol. The molecular formula is C48H84NO10P. The van der Waals surface area contributed by atoms with E-state index in [-0.39, 0.29) is 32.6 Å². The Morgan fingerprint density at radius 3 is 1.62 bits per heavy atom. The highest BCUT2D eigenvalue weighted by Crippen LogP contribution is 2.43. The standard InChI is InChI=1S/C48H84NO10P/c1-6-8-22-28-42-36-39(3)44(57-42)29-24-18-14-12-10-11-13-15-20-26-32-47(50)54-37-43(38-56-60(52,53)55-35-34-49)58-48(51)33-27-21-17-16-19-25-31-46-41(5)40(4)45(59-46)30-23-9-7-2/h36,43H,6-35,37-38,49H2,1-5H3,(H,52,53)/t43-/m1/s1. The molecule has 0 radical (unpaired) electrons. The van der Waals surface area contributed by atoms with E-state index in [9.17, 15) is 19.0 Å². The van der Waals surface area contributed by atoms with Gasteiger partial charge < -0.3 is 28.9 Å². The van der Waals surface area contributed by atoms with Crippen LogP contribution >= 0.6 is 7.82 Å². The zero-order valence-corrected chi connectivity index (χ0v) is 39.3. The van der Waals surface area contributed by atoms with Crippen LogP contribution in [-0.4, -0.2) is 49.3 Å². The summed E-state index contributed by atoms with van der Waals surface area (Å²) in [6.45, 7) is 10.1. The van der Waals surface area contributed by atoms with Gasteiger partial charge >= 0.3 is 19.8 Å². The number of nitrogens with two attached hydrogens (primary N) is 1. The number of hydrogen-bond acceptors (Lipinski definition) is 10. The molecule has 11 nitrogen and oxygen atoms in total. The molecule has 0 aliphatic rings. The largest absolute Gasteiger partial charge is 0.472 e. The van der Waals surface area contributed by atoms with E-state index in [0.29, 0.717) is 12.8 Å². The summed E-state index contributed by atoms with van der Waals surface area (Å²) in [5, 5.41) is 0. The van der Waals surface area contributed by atoms with E-state index in [1.165, 1.54) is 99.5 Å². The van der Waals surface area contributed by atoms with Gasteiger partial charge in [-0.2, -0.15) is 0 Å². The maximum atomic E-state index is 12.7. The van der Waals surface area contributed by atoms with Crippen LogP contribution in [0.15, 0.2) is 14.9 Å². The van der Waals surface area contributed by atoms with Crippen molar-refractivity contribution in [3.05, 3.63) is 45.8 Å². The molecule has 0 spiro atoms. The van der Waals surface area contributed by atoms with Crippen LogP contribution in [-0.2, 0) is 58.4 Å². The summed E-state index contributed by atoms with van der Waals surface area (Å²) in [7, 11) is -4.40. The van der Waals surface area contributed by atoms with Gasteiger partial charge in [0.05, 0.1) is 13.2 Å². The molecule has 0 aromatic carbocycles. The Balaban J connectivity index is 1.57. The lowest BCUT2D eigenvalue weighted by Crippen LogP contribution is -2.29. The third kappa shape index (κ3) is 24.9. The van der Waals surface area contributed by atoms with E-state index < -0.39 is 32.5 Å². The molecule has 0 fully saturated rings. The number of furan rings is 2. The summed E-state index contributed by atoms with van der Waals surface area (Å²) in [5.74, 6) is 3.71. The second-order valence-corrected chi connectivity index (χ2v) is 18.2. The summed E-state index contributed by atoms with van der Waals surface area (Å²) in [4.78, 5) is 35.2. The summed E-state index contributed by atoms with van der Waals surface area (Å²) < 4.78 is 45.3. The first-order valence-electron chi connectivity index (χ1n) is 23.8. The summed E-state index contributed by atoms with van der Waals surface area (Å²) in [6, 6.07) is 2.22. The monoisotopic (exact) mass is 866 g/mol. The van der Waals surface area contributed by atoms with Crippen molar-refractivity contribution in [3.63, 3.8) is 0 Å². The SMILES string of the molecule is CCCCCc1cc(C)c(CCCCCCCCCCCCC(=O)OC[C@H](COP(=O)(O)OCCN)OC(=O)CCCCCCCCc2oc(CCCCC)c(C)c2C)o1. The number of rotatable bonds is 39. The molecule has 0 aliphatic heterocycles. The molecule has 1 unspecified atom stereocenters. The molecular weight excluding hydrogens is 781 g/mol. The van der Waals surface area contributed by atoms with Gasteiger partial charge in [-0.3, -0.25) is 18.6 Å². The highest BCUT2D eigenvalue weighted by atomic mass is 31.2. The Morgan fingerprint density at radius 1 is 0.617 bits per heavy atom. The van der Waals surface area contributed by atoms with Crippen molar-refractivity contribution in [2.75, 3.05) is 26.4 Å². The number of unbranched alkanes of at least 4 members (excludes halogenated alkanes) is 18. The van der Waals surface area contributed by atoms with Gasteiger partial charge in [-0.15, -0.1) is 0 Å². The van der Waals surface area contributed by atoms with Crippen LogP contribution < -0.4 is 5.73 Å². The molecule has 346 valence electrons. The number of aryl methyl sites for hydroxylation is 5. The highest BCUT2D eigenvalue weighted by molar-refractivity contribution is 7.47. The van der Waals surface area contributed by atoms with Gasteiger partial charge in [-0.25, -0.2) is 4.57 Å². The van der Waals surface area contributed by atoms with Crippen LogP contribution in [0.2, 0.25) is 0 Å². The molecule has 2 aromatic rings. The number of phosphoric ester groups is 1. The van der Waals surface area contributed by atoms with Crippen LogP contribution in [0.3, 0.4) is 0 Å². The van der Waals surface area contributed by atoms with E-state index in [1.807, 2.05) is 0 Å². The van der Waals surface area contributed by atoms with Crippen molar-refractivity contribution in [1.29, 1.82) is 0 Å². The van der Waals surface area contributed by atoms with Gasteiger partial charge in [-0.1, -0.05) is 117 Å². The van der Waals surface area contributed by atoms with E-state index in [4.69, 9.17) is 33.1 Å². The third-order valence-corrected chi connectivity index (χ3v) is 12.3. The maximum Gasteiger partial charge on any atom is 0.472 e. The van der Waals surface area contributed by atoms with E-state index in [0.717, 1.165) is 94.3 Å². The fraction of sp³-hybridized carbons (Fsp3) is 0.792. The first kappa shape index (κ1) is 53.7. The molecule has 3 N–H and O–H groups in total. The lowest BCUT2D eigenvalue weighted by Gasteiger charge is -2.19. The molecule has 2 aromatic heterocycles. The molecule has 0 saturated heterocycles. The third-order valence-electron chi connectivity index (χ3n) is 11.3. The zero-order chi connectivity index (χ0) is 43.9. The Labute approximate surface area is 363 Å². The summed E-state index contributed by atoms with van der Waals surface area (Å²) >= 11 is 0. The number of esters is 2. The summed E-state index contributed by atoms with van der Waals surface area (Å²) in [5.41, 5.74) is 9.26. The van der Waals surface area contributed by atoms with Crippen LogP contribution in [0, 0.1) is 20.8 Å². The maximum absolute atomic E-state index is 12.7. The lowest BCUT2D eigenvalue weighted by molar-refractivity contribution is -0.161. The van der Waals surface area contributed by atoms with Crippen LogP contribution in [0.25, 0.3) is 0 Å². The first-order chi connectivity index (χ1) is 29.0. The Hall–Kier alpha value is -2.43. The van der Waals surface area contributed by atoms with E-state index in [1.54, 1.807) is 0 Å². The van der Waals surface area contributed by atoms with Crippen molar-refractivity contribution in [2.45, 2.75) is 221 Å². The molecule has 12 heteroatoms. The van der Waals surface area contributed by atoms with Crippen molar-refractivity contribution >= 4 is 19.8 Å². The average Bonchev–Trinajstić information content (AvgIpc) is 3.71. The number of hydrogen-bond donors (Lipinski definition) is 2. The van der Waals surface area contributed by atoms with Gasteiger partial charge in [-0.05, 0) is 82.1 Å². The number of carbonyl (C=O) groups excluding carboxylic acids is 2. The number of phosphoric acid groups is 1. The fourth-order valence-electron chi connectivity index (χ4n) is 7.48. The van der Waals surface area contributed by atoms with Crippen molar-refractivity contribution in [1.82, 2.24) is 0 Å². The van der Waals surface area contributed by atoms with E-state index in [2.05, 4.69) is 40.7 Å². The van der Waals surface area contributed by atoms with E-state index >= 15 is 0 Å². The molecule has 2 rings (SSSR count). The zero-order valence-electron chi connectivity index (χ0n) is 38.4.